The van der Waals surface area contributed by atoms with E-state index in [1.54, 1.807) is 6.08 Å². The molecule has 0 bridgehead atoms. The van der Waals surface area contributed by atoms with Crippen LogP contribution in [0.3, 0.4) is 0 Å². The number of nitrogen functional groups attached to an aromatic ring is 1. The highest BCUT2D eigenvalue weighted by Crippen LogP contribution is 2.32. The van der Waals surface area contributed by atoms with Crippen LogP contribution in [0.1, 0.15) is 24.8 Å². The van der Waals surface area contributed by atoms with Crippen molar-refractivity contribution in [1.29, 1.82) is 0 Å². The molecule has 6 nitrogen and oxygen atoms in total. The first-order valence-electron chi connectivity index (χ1n) is 5.94. The highest BCUT2D eigenvalue weighted by molar-refractivity contribution is 5.67. The van der Waals surface area contributed by atoms with E-state index in [-0.39, 0.29) is 6.10 Å². The van der Waals surface area contributed by atoms with E-state index in [1.807, 2.05) is 0 Å². The Kier molecular flexibility index (Phi) is 3.99. The van der Waals surface area contributed by atoms with Crippen LogP contribution in [0, 0.1) is 0 Å². The molecule has 18 heavy (non-hydrogen) atoms. The predicted octanol–water partition coefficient (Wildman–Crippen LogP) is 1.52. The molecule has 2 heterocycles. The van der Waals surface area contributed by atoms with Crippen molar-refractivity contribution in [3.05, 3.63) is 18.5 Å². The van der Waals surface area contributed by atoms with Crippen LogP contribution in [-0.2, 0) is 4.74 Å². The van der Waals surface area contributed by atoms with Gasteiger partial charge in [0.1, 0.15) is 11.8 Å². The number of methoxy groups -OCH3 is 1. The number of hydrogen-bond donors (Lipinski definition) is 2. The standard InChI is InChI=1S/C12H18N4O2/c1-3-6-14-11-9(13)12(17-2)16-10(15-11)8-5-4-7-18-8/h3,8H,1,4-7,13H2,2H3,(H,14,15,16). The van der Waals surface area contributed by atoms with Gasteiger partial charge in [0.15, 0.2) is 11.6 Å². The number of nitrogens with zero attached hydrogens (tertiary/aromatic N) is 2. The molecule has 1 aliphatic heterocycles. The molecule has 1 aliphatic rings. The van der Waals surface area contributed by atoms with Gasteiger partial charge in [-0.05, 0) is 12.8 Å². The summed E-state index contributed by atoms with van der Waals surface area (Å²) in [6, 6.07) is 0. The Morgan fingerprint density at radius 2 is 2.44 bits per heavy atom. The van der Waals surface area contributed by atoms with E-state index >= 15 is 0 Å². The van der Waals surface area contributed by atoms with Gasteiger partial charge in [-0.3, -0.25) is 0 Å². The minimum atomic E-state index is -0.0659. The van der Waals surface area contributed by atoms with Gasteiger partial charge in [-0.1, -0.05) is 6.08 Å². The van der Waals surface area contributed by atoms with E-state index in [2.05, 4.69) is 21.9 Å². The number of nitrogens with one attached hydrogen (secondary N) is 1. The Hall–Kier alpha value is -1.82. The normalized spacial score (nSPS) is 18.6. The monoisotopic (exact) mass is 250 g/mol. The van der Waals surface area contributed by atoms with Crippen LogP contribution in [0.4, 0.5) is 11.5 Å². The molecule has 1 fully saturated rings. The lowest BCUT2D eigenvalue weighted by atomic mass is 10.2. The zero-order valence-corrected chi connectivity index (χ0v) is 10.5. The van der Waals surface area contributed by atoms with E-state index in [1.165, 1.54) is 7.11 Å². The number of aromatic nitrogens is 2. The number of rotatable bonds is 5. The number of anilines is 2. The summed E-state index contributed by atoms with van der Waals surface area (Å²) in [5.41, 5.74) is 6.32. The van der Waals surface area contributed by atoms with E-state index in [9.17, 15) is 0 Å². The summed E-state index contributed by atoms with van der Waals surface area (Å²) in [5, 5.41) is 3.07. The molecule has 3 N–H and O–H groups in total. The van der Waals surface area contributed by atoms with Crippen LogP contribution in [0.5, 0.6) is 5.88 Å². The fourth-order valence-electron chi connectivity index (χ4n) is 1.85. The van der Waals surface area contributed by atoms with Crippen molar-refractivity contribution in [2.24, 2.45) is 0 Å². The van der Waals surface area contributed by atoms with E-state index in [0.717, 1.165) is 19.4 Å². The van der Waals surface area contributed by atoms with Crippen molar-refractivity contribution in [1.82, 2.24) is 9.97 Å². The van der Waals surface area contributed by atoms with Crippen molar-refractivity contribution < 1.29 is 9.47 Å². The summed E-state index contributed by atoms with van der Waals surface area (Å²) < 4.78 is 10.7. The minimum Gasteiger partial charge on any atom is -0.479 e. The van der Waals surface area contributed by atoms with Gasteiger partial charge in [0.05, 0.1) is 7.11 Å². The quantitative estimate of drug-likeness (QED) is 0.771. The largest absolute Gasteiger partial charge is 0.479 e. The van der Waals surface area contributed by atoms with E-state index < -0.39 is 0 Å². The maximum absolute atomic E-state index is 5.91. The van der Waals surface area contributed by atoms with Gasteiger partial charge in [-0.25, -0.2) is 4.98 Å². The van der Waals surface area contributed by atoms with Gasteiger partial charge in [-0.2, -0.15) is 4.98 Å². The molecule has 1 saturated heterocycles. The molecule has 1 atom stereocenters. The lowest BCUT2D eigenvalue weighted by molar-refractivity contribution is 0.104. The third-order valence-corrected chi connectivity index (χ3v) is 2.75. The molecule has 0 amide bonds. The minimum absolute atomic E-state index is 0.0659. The molecular formula is C12H18N4O2. The van der Waals surface area contributed by atoms with Crippen molar-refractivity contribution in [2.45, 2.75) is 18.9 Å². The molecule has 1 aromatic rings. The van der Waals surface area contributed by atoms with Gasteiger partial charge in [-0.15, -0.1) is 6.58 Å². The second-order valence-corrected chi connectivity index (χ2v) is 4.02. The van der Waals surface area contributed by atoms with Crippen LogP contribution >= 0.6 is 0 Å². The molecule has 98 valence electrons. The average molecular weight is 250 g/mol. The Labute approximate surface area is 106 Å². The highest BCUT2D eigenvalue weighted by atomic mass is 16.5. The van der Waals surface area contributed by atoms with Gasteiger partial charge in [0.25, 0.3) is 0 Å². The van der Waals surface area contributed by atoms with Gasteiger partial charge in [0, 0.05) is 13.2 Å². The van der Waals surface area contributed by atoms with Crippen molar-refractivity contribution >= 4 is 11.5 Å². The zero-order valence-electron chi connectivity index (χ0n) is 10.5. The van der Waals surface area contributed by atoms with Crippen LogP contribution < -0.4 is 15.8 Å². The van der Waals surface area contributed by atoms with Gasteiger partial charge >= 0.3 is 0 Å². The smallest absolute Gasteiger partial charge is 0.242 e. The van der Waals surface area contributed by atoms with Crippen molar-refractivity contribution in [3.63, 3.8) is 0 Å². The van der Waals surface area contributed by atoms with Crippen LogP contribution in [-0.4, -0.2) is 30.2 Å². The predicted molar refractivity (Wildman–Crippen MR) is 69.6 cm³/mol. The topological polar surface area (TPSA) is 82.3 Å². The fourth-order valence-corrected chi connectivity index (χ4v) is 1.85. The fraction of sp³-hybridized carbons (Fsp3) is 0.500. The number of hydrogen-bond acceptors (Lipinski definition) is 6. The summed E-state index contributed by atoms with van der Waals surface area (Å²) >= 11 is 0. The second kappa shape index (κ2) is 5.68. The van der Waals surface area contributed by atoms with Crippen LogP contribution in [0.25, 0.3) is 0 Å². The summed E-state index contributed by atoms with van der Waals surface area (Å²) in [7, 11) is 1.54. The third-order valence-electron chi connectivity index (χ3n) is 2.75. The number of nitrogens with two attached hydrogens (primary N) is 1. The molecule has 0 saturated carbocycles. The van der Waals surface area contributed by atoms with E-state index in [0.29, 0.717) is 29.8 Å². The summed E-state index contributed by atoms with van der Waals surface area (Å²) in [5.74, 6) is 1.56. The Balaban J connectivity index is 2.31. The molecule has 0 radical (unpaired) electrons. The summed E-state index contributed by atoms with van der Waals surface area (Å²) in [4.78, 5) is 8.69. The SMILES string of the molecule is C=CCNc1nc(C2CCCO2)nc(OC)c1N. The van der Waals surface area contributed by atoms with E-state index in [4.69, 9.17) is 15.2 Å². The molecule has 6 heteroatoms. The lowest BCUT2D eigenvalue weighted by Crippen LogP contribution is -2.12. The van der Waals surface area contributed by atoms with Crippen LogP contribution in [0.2, 0.25) is 0 Å². The molecule has 1 aromatic heterocycles. The molecular weight excluding hydrogens is 232 g/mol. The summed E-state index contributed by atoms with van der Waals surface area (Å²) in [6.07, 6.45) is 3.62. The summed E-state index contributed by atoms with van der Waals surface area (Å²) in [6.45, 7) is 4.97. The Bertz CT molecular complexity index is 430. The molecule has 2 rings (SSSR count). The average Bonchev–Trinajstić information content (AvgIpc) is 2.91. The molecule has 0 spiro atoms. The van der Waals surface area contributed by atoms with Gasteiger partial charge in [0.2, 0.25) is 5.88 Å². The Morgan fingerprint density at radius 3 is 3.06 bits per heavy atom. The zero-order chi connectivity index (χ0) is 13.0. The molecule has 0 aromatic carbocycles. The number of ether oxygens (including phenoxy) is 2. The maximum atomic E-state index is 5.91. The van der Waals surface area contributed by atoms with Crippen molar-refractivity contribution in [2.75, 3.05) is 31.3 Å². The van der Waals surface area contributed by atoms with Gasteiger partial charge < -0.3 is 20.5 Å². The molecule has 1 unspecified atom stereocenters. The third kappa shape index (κ3) is 2.53. The first-order valence-corrected chi connectivity index (χ1v) is 5.94. The first kappa shape index (κ1) is 12.6. The Morgan fingerprint density at radius 1 is 1.61 bits per heavy atom. The maximum Gasteiger partial charge on any atom is 0.242 e. The second-order valence-electron chi connectivity index (χ2n) is 4.02. The van der Waals surface area contributed by atoms with Crippen molar-refractivity contribution in [3.8, 4) is 5.88 Å². The first-order chi connectivity index (χ1) is 8.76. The highest BCUT2D eigenvalue weighted by Gasteiger charge is 2.23. The lowest BCUT2D eigenvalue weighted by Gasteiger charge is -2.14. The van der Waals surface area contributed by atoms with Crippen LogP contribution in [0.15, 0.2) is 12.7 Å². The molecule has 0 aliphatic carbocycles.